The van der Waals surface area contributed by atoms with Crippen LogP contribution in [0.25, 0.3) is 6.08 Å². The fourth-order valence-electron chi connectivity index (χ4n) is 1.20. The summed E-state index contributed by atoms with van der Waals surface area (Å²) >= 11 is 3.92. The van der Waals surface area contributed by atoms with Crippen LogP contribution in [0.15, 0.2) is 28.4 Å². The summed E-state index contributed by atoms with van der Waals surface area (Å²) < 4.78 is 5.06. The van der Waals surface area contributed by atoms with Gasteiger partial charge in [-0.25, -0.2) is 5.48 Å². The lowest BCUT2D eigenvalue weighted by Gasteiger charge is -2.14. The number of hydrogen-bond donors (Lipinski definition) is 4. The van der Waals surface area contributed by atoms with E-state index in [1.807, 2.05) is 0 Å². The molecule has 0 bridgehead atoms. The summed E-state index contributed by atoms with van der Waals surface area (Å²) in [6.45, 7) is 1.59. The van der Waals surface area contributed by atoms with Crippen molar-refractivity contribution in [1.29, 1.82) is 0 Å². The van der Waals surface area contributed by atoms with E-state index >= 15 is 0 Å². The molecule has 18 heavy (non-hydrogen) atoms. The van der Waals surface area contributed by atoms with Gasteiger partial charge in [-0.3, -0.25) is 14.8 Å². The Morgan fingerprint density at radius 3 is 2.83 bits per heavy atom. The summed E-state index contributed by atoms with van der Waals surface area (Å²) in [5, 5.41) is 10.9. The molecule has 98 valence electrons. The highest BCUT2D eigenvalue weighted by Crippen LogP contribution is 2.07. The lowest BCUT2D eigenvalue weighted by Crippen LogP contribution is -2.47. The SMILES string of the molecule is CC(=Cc1ccco1)C(=O)NC(CS)C(=O)NO. The smallest absolute Gasteiger partial charge is 0.266 e. The van der Waals surface area contributed by atoms with Gasteiger partial charge in [0.05, 0.1) is 6.26 Å². The number of furan rings is 1. The topological polar surface area (TPSA) is 91.6 Å². The Labute approximate surface area is 109 Å². The standard InChI is InChI=1S/C11H14N2O4S/c1-7(5-8-3-2-4-17-8)10(14)12-9(6-18)11(15)13-16/h2-5,9,16,18H,6H2,1H3,(H,12,14)(H,13,15). The number of thiol groups is 1. The highest BCUT2D eigenvalue weighted by atomic mass is 32.1. The number of amides is 2. The first-order chi connectivity index (χ1) is 8.58. The second-order valence-corrected chi connectivity index (χ2v) is 3.89. The average Bonchev–Trinajstić information content (AvgIpc) is 2.87. The molecule has 1 aromatic heterocycles. The van der Waals surface area contributed by atoms with Crippen LogP contribution in [-0.2, 0) is 9.59 Å². The summed E-state index contributed by atoms with van der Waals surface area (Å²) in [5.74, 6) is -0.540. The van der Waals surface area contributed by atoms with E-state index < -0.39 is 17.9 Å². The maximum Gasteiger partial charge on any atom is 0.266 e. The van der Waals surface area contributed by atoms with Crippen LogP contribution in [0.4, 0.5) is 0 Å². The van der Waals surface area contributed by atoms with Crippen molar-refractivity contribution in [2.45, 2.75) is 13.0 Å². The molecular formula is C11H14N2O4S. The zero-order valence-corrected chi connectivity index (χ0v) is 10.6. The van der Waals surface area contributed by atoms with Crippen molar-refractivity contribution in [1.82, 2.24) is 10.8 Å². The quantitative estimate of drug-likeness (QED) is 0.273. The van der Waals surface area contributed by atoms with Crippen LogP contribution >= 0.6 is 12.6 Å². The van der Waals surface area contributed by atoms with Crippen LogP contribution in [0.3, 0.4) is 0 Å². The molecule has 0 aromatic carbocycles. The van der Waals surface area contributed by atoms with Crippen molar-refractivity contribution in [3.63, 3.8) is 0 Å². The molecular weight excluding hydrogens is 256 g/mol. The molecule has 1 unspecified atom stereocenters. The van der Waals surface area contributed by atoms with Gasteiger partial charge in [-0.05, 0) is 25.1 Å². The van der Waals surface area contributed by atoms with Gasteiger partial charge in [0.2, 0.25) is 5.91 Å². The zero-order chi connectivity index (χ0) is 13.5. The summed E-state index contributed by atoms with van der Waals surface area (Å²) in [7, 11) is 0. The molecule has 0 aliphatic heterocycles. The van der Waals surface area contributed by atoms with Crippen LogP contribution in [0.5, 0.6) is 0 Å². The minimum absolute atomic E-state index is 0.0756. The van der Waals surface area contributed by atoms with E-state index in [9.17, 15) is 9.59 Å². The Kier molecular flexibility index (Phi) is 5.47. The molecule has 3 N–H and O–H groups in total. The number of hydroxylamine groups is 1. The van der Waals surface area contributed by atoms with Gasteiger partial charge in [0, 0.05) is 11.3 Å². The summed E-state index contributed by atoms with van der Waals surface area (Å²) in [4.78, 5) is 22.9. The van der Waals surface area contributed by atoms with Crippen LogP contribution < -0.4 is 10.8 Å². The third-order valence-corrected chi connectivity index (χ3v) is 2.54. The predicted octanol–water partition coefficient (Wildman–Crippen LogP) is 0.603. The number of nitrogens with one attached hydrogen (secondary N) is 2. The molecule has 0 saturated carbocycles. The van der Waals surface area contributed by atoms with E-state index in [2.05, 4.69) is 17.9 Å². The number of hydrogen-bond acceptors (Lipinski definition) is 5. The van der Waals surface area contributed by atoms with Crippen LogP contribution in [-0.4, -0.2) is 28.8 Å². The van der Waals surface area contributed by atoms with Crippen molar-refractivity contribution in [2.24, 2.45) is 0 Å². The van der Waals surface area contributed by atoms with E-state index in [0.717, 1.165) is 0 Å². The minimum Gasteiger partial charge on any atom is -0.465 e. The van der Waals surface area contributed by atoms with Crippen LogP contribution in [0.2, 0.25) is 0 Å². The largest absolute Gasteiger partial charge is 0.465 e. The Hall–Kier alpha value is -1.73. The third-order valence-electron chi connectivity index (χ3n) is 2.17. The Balaban J connectivity index is 2.67. The van der Waals surface area contributed by atoms with Gasteiger partial charge in [-0.1, -0.05) is 0 Å². The molecule has 0 aliphatic rings. The lowest BCUT2D eigenvalue weighted by molar-refractivity contribution is -0.133. The molecule has 7 heteroatoms. The van der Waals surface area contributed by atoms with Gasteiger partial charge in [-0.15, -0.1) is 0 Å². The van der Waals surface area contributed by atoms with Gasteiger partial charge >= 0.3 is 0 Å². The monoisotopic (exact) mass is 270 g/mol. The molecule has 1 aromatic rings. The van der Waals surface area contributed by atoms with Crippen molar-refractivity contribution in [3.8, 4) is 0 Å². The molecule has 0 saturated heterocycles. The molecule has 0 spiro atoms. The zero-order valence-electron chi connectivity index (χ0n) is 9.71. The van der Waals surface area contributed by atoms with E-state index in [4.69, 9.17) is 9.62 Å². The second-order valence-electron chi connectivity index (χ2n) is 3.53. The first-order valence-corrected chi connectivity index (χ1v) is 5.79. The van der Waals surface area contributed by atoms with Crippen molar-refractivity contribution in [2.75, 3.05) is 5.75 Å². The lowest BCUT2D eigenvalue weighted by atomic mass is 10.2. The van der Waals surface area contributed by atoms with Crippen molar-refractivity contribution < 1.29 is 19.2 Å². The minimum atomic E-state index is -0.897. The molecule has 2 amide bonds. The fraction of sp³-hybridized carbons (Fsp3) is 0.273. The Morgan fingerprint density at radius 2 is 2.33 bits per heavy atom. The first kappa shape index (κ1) is 14.3. The van der Waals surface area contributed by atoms with Crippen LogP contribution in [0.1, 0.15) is 12.7 Å². The van der Waals surface area contributed by atoms with E-state index in [-0.39, 0.29) is 5.75 Å². The molecule has 0 fully saturated rings. The van der Waals surface area contributed by atoms with Gasteiger partial charge in [-0.2, -0.15) is 12.6 Å². The van der Waals surface area contributed by atoms with Gasteiger partial charge in [0.25, 0.3) is 5.91 Å². The molecule has 1 atom stereocenters. The molecule has 1 rings (SSSR count). The maximum atomic E-state index is 11.7. The predicted molar refractivity (Wildman–Crippen MR) is 68.1 cm³/mol. The first-order valence-electron chi connectivity index (χ1n) is 5.16. The Morgan fingerprint density at radius 1 is 1.61 bits per heavy atom. The number of carbonyl (C=O) groups is 2. The summed E-state index contributed by atoms with van der Waals surface area (Å²) in [5.41, 5.74) is 1.84. The molecule has 6 nitrogen and oxygen atoms in total. The van der Waals surface area contributed by atoms with Gasteiger partial charge in [0.1, 0.15) is 11.8 Å². The Bertz CT molecular complexity index is 442. The van der Waals surface area contributed by atoms with Crippen LogP contribution in [0, 0.1) is 0 Å². The van der Waals surface area contributed by atoms with Gasteiger partial charge < -0.3 is 9.73 Å². The maximum absolute atomic E-state index is 11.7. The molecule has 0 radical (unpaired) electrons. The third kappa shape index (κ3) is 3.94. The normalized spacial score (nSPS) is 12.9. The van der Waals surface area contributed by atoms with E-state index in [1.54, 1.807) is 25.1 Å². The number of rotatable bonds is 5. The molecule has 0 aliphatic carbocycles. The highest BCUT2D eigenvalue weighted by molar-refractivity contribution is 7.80. The number of carbonyl (C=O) groups excluding carboxylic acids is 2. The highest BCUT2D eigenvalue weighted by Gasteiger charge is 2.19. The van der Waals surface area contributed by atoms with Gasteiger partial charge in [0.15, 0.2) is 0 Å². The van der Waals surface area contributed by atoms with Crippen molar-refractivity contribution in [3.05, 3.63) is 29.7 Å². The second kappa shape index (κ2) is 6.87. The fourth-order valence-corrected chi connectivity index (χ4v) is 1.45. The van der Waals surface area contributed by atoms with E-state index in [1.165, 1.54) is 11.7 Å². The molecule has 1 heterocycles. The van der Waals surface area contributed by atoms with E-state index in [0.29, 0.717) is 11.3 Å². The van der Waals surface area contributed by atoms with Crippen molar-refractivity contribution >= 4 is 30.5 Å². The average molecular weight is 270 g/mol. The summed E-state index contributed by atoms with van der Waals surface area (Å²) in [6.07, 6.45) is 3.04. The summed E-state index contributed by atoms with van der Waals surface area (Å²) in [6, 6.07) is 2.51.